The maximum Gasteiger partial charge on any atom is 0.248 e. The molecule has 0 aliphatic carbocycles. The highest BCUT2D eigenvalue weighted by Gasteiger charge is 2.76. The summed E-state index contributed by atoms with van der Waals surface area (Å²) in [4.78, 5) is 44.6. The minimum Gasteiger partial charge on any atom is -0.494 e. The fraction of sp³-hybridized carbons (Fsp3) is 0.382. The number of ether oxygens (including phenoxy) is 1. The van der Waals surface area contributed by atoms with Crippen molar-refractivity contribution in [1.82, 2.24) is 4.90 Å². The topological polar surface area (TPSA) is 108 Å². The van der Waals surface area contributed by atoms with Gasteiger partial charge in [-0.25, -0.2) is 0 Å². The number of fused-ring (bicyclic) bond motifs is 1. The lowest BCUT2D eigenvalue weighted by atomic mass is 9.70. The van der Waals surface area contributed by atoms with Crippen molar-refractivity contribution < 1.29 is 24.2 Å². The number of aryl methyl sites for hydroxylation is 2. The summed E-state index contributed by atoms with van der Waals surface area (Å²) in [5, 5.41) is 16.7. The van der Waals surface area contributed by atoms with Crippen LogP contribution in [0.4, 0.5) is 11.4 Å². The highest BCUT2D eigenvalue weighted by molar-refractivity contribution is 9.09. The second kappa shape index (κ2) is 12.2. The van der Waals surface area contributed by atoms with Crippen LogP contribution in [-0.2, 0) is 14.4 Å². The molecule has 10 heteroatoms. The van der Waals surface area contributed by atoms with E-state index in [1.807, 2.05) is 69.3 Å². The van der Waals surface area contributed by atoms with E-state index in [0.29, 0.717) is 30.2 Å². The van der Waals surface area contributed by atoms with Crippen molar-refractivity contribution >= 4 is 56.8 Å². The number of hydrogen-bond donors (Lipinski definition) is 3. The predicted octanol–water partition coefficient (Wildman–Crippen LogP) is 5.48. The summed E-state index contributed by atoms with van der Waals surface area (Å²) in [5.41, 5.74) is 3.88. The van der Waals surface area contributed by atoms with Gasteiger partial charge < -0.3 is 25.4 Å². The van der Waals surface area contributed by atoms with Gasteiger partial charge in [0.2, 0.25) is 17.7 Å². The van der Waals surface area contributed by atoms with Crippen molar-refractivity contribution in [3.05, 3.63) is 89.5 Å². The van der Waals surface area contributed by atoms with E-state index in [0.717, 1.165) is 16.7 Å². The van der Waals surface area contributed by atoms with Crippen molar-refractivity contribution in [2.24, 2.45) is 11.8 Å². The number of amides is 3. The highest BCUT2D eigenvalue weighted by atomic mass is 79.9. The Morgan fingerprint density at radius 2 is 1.70 bits per heavy atom. The Morgan fingerprint density at radius 1 is 1.02 bits per heavy atom. The van der Waals surface area contributed by atoms with Crippen molar-refractivity contribution in [2.45, 2.75) is 54.1 Å². The Balaban J connectivity index is 1.40. The number of hydrogen-bond acceptors (Lipinski definition) is 6. The number of thioether (sulfide) groups is 1. The van der Waals surface area contributed by atoms with Gasteiger partial charge in [-0.15, -0.1) is 11.8 Å². The Hall–Kier alpha value is -3.34. The molecule has 3 unspecified atom stereocenters. The zero-order valence-electron chi connectivity index (χ0n) is 24.8. The molecule has 3 saturated heterocycles. The molecule has 2 bridgehead atoms. The molecule has 3 N–H and O–H groups in total. The summed E-state index contributed by atoms with van der Waals surface area (Å²) in [6.07, 6.45) is 0.542. The van der Waals surface area contributed by atoms with Crippen molar-refractivity contribution in [3.63, 3.8) is 0 Å². The number of aliphatic hydroxyl groups is 1. The molecule has 3 aliphatic rings. The molecule has 0 radical (unpaired) electrons. The van der Waals surface area contributed by atoms with E-state index >= 15 is 0 Å². The van der Waals surface area contributed by atoms with Crippen LogP contribution in [0.3, 0.4) is 0 Å². The molecule has 8 nitrogen and oxygen atoms in total. The van der Waals surface area contributed by atoms with E-state index in [9.17, 15) is 19.5 Å². The Morgan fingerprint density at radius 3 is 2.34 bits per heavy atom. The lowest BCUT2D eigenvalue weighted by molar-refractivity contribution is -0.141. The maximum absolute atomic E-state index is 14.6. The largest absolute Gasteiger partial charge is 0.494 e. The number of alkyl halides is 1. The molecule has 3 heterocycles. The van der Waals surface area contributed by atoms with Crippen molar-refractivity contribution in [2.75, 3.05) is 23.8 Å². The number of carbonyl (C=O) groups excluding carboxylic acids is 3. The van der Waals surface area contributed by atoms with E-state index in [2.05, 4.69) is 26.6 Å². The number of aliphatic hydroxyl groups excluding tert-OH is 1. The SMILES string of the molecule is CCOc1ccc(NC(=O)[C@H]2[C@H]3C(=O)N([C@H](CO)c4ccccc4)C(C(=O)Nc4c(C)cccc4C)C34CC(Br)[C@@H]2S4)cc1. The third-order valence-electron chi connectivity index (χ3n) is 9.13. The smallest absolute Gasteiger partial charge is 0.248 e. The normalized spacial score (nSPS) is 27.6. The number of nitrogens with zero attached hydrogens (tertiary/aromatic N) is 1. The van der Waals surface area contributed by atoms with E-state index < -0.39 is 28.7 Å². The first-order chi connectivity index (χ1) is 21.2. The third-order valence-corrected chi connectivity index (χ3v) is 12.4. The first-order valence-electron chi connectivity index (χ1n) is 14.9. The first-order valence-corrected chi connectivity index (χ1v) is 16.7. The Kier molecular flexibility index (Phi) is 8.52. The minimum atomic E-state index is -0.908. The molecule has 0 aromatic heterocycles. The van der Waals surface area contributed by atoms with Crippen LogP contribution in [0.25, 0.3) is 0 Å². The third kappa shape index (κ3) is 5.10. The second-order valence-electron chi connectivity index (χ2n) is 11.7. The maximum atomic E-state index is 14.6. The number of benzene rings is 3. The second-order valence-corrected chi connectivity index (χ2v) is 14.4. The highest BCUT2D eigenvalue weighted by Crippen LogP contribution is 2.68. The van der Waals surface area contributed by atoms with Crippen LogP contribution in [0.5, 0.6) is 5.75 Å². The molecule has 3 aromatic rings. The lowest BCUT2D eigenvalue weighted by Crippen LogP contribution is -2.53. The van der Waals surface area contributed by atoms with Crippen LogP contribution < -0.4 is 15.4 Å². The Labute approximate surface area is 270 Å². The monoisotopic (exact) mass is 677 g/mol. The number of rotatable bonds is 9. The zero-order chi connectivity index (χ0) is 31.2. The summed E-state index contributed by atoms with van der Waals surface area (Å²) >= 11 is 5.39. The number of carbonyl (C=O) groups is 3. The number of anilines is 2. The van der Waals surface area contributed by atoms with E-state index in [-0.39, 0.29) is 34.4 Å². The summed E-state index contributed by atoms with van der Waals surface area (Å²) in [6, 6.07) is 20.6. The molecule has 230 valence electrons. The van der Waals surface area contributed by atoms with Gasteiger partial charge in [0.1, 0.15) is 11.8 Å². The van der Waals surface area contributed by atoms with Gasteiger partial charge in [-0.2, -0.15) is 0 Å². The molecule has 3 aliphatic heterocycles. The van der Waals surface area contributed by atoms with Crippen molar-refractivity contribution in [3.8, 4) is 5.75 Å². The average molecular weight is 679 g/mol. The number of nitrogens with one attached hydrogen (secondary N) is 2. The molecule has 3 aromatic carbocycles. The zero-order valence-corrected chi connectivity index (χ0v) is 27.2. The molecule has 3 fully saturated rings. The van der Waals surface area contributed by atoms with Crippen LogP contribution in [0.2, 0.25) is 0 Å². The van der Waals surface area contributed by atoms with Gasteiger partial charge in [0, 0.05) is 21.5 Å². The number of para-hydroxylation sites is 1. The van der Waals surface area contributed by atoms with Gasteiger partial charge in [-0.05, 0) is 68.1 Å². The summed E-state index contributed by atoms with van der Waals surface area (Å²) in [5.74, 6) is -1.56. The molecule has 44 heavy (non-hydrogen) atoms. The van der Waals surface area contributed by atoms with Crippen LogP contribution in [-0.4, -0.2) is 61.8 Å². The summed E-state index contributed by atoms with van der Waals surface area (Å²) in [6.45, 7) is 5.96. The van der Waals surface area contributed by atoms with Gasteiger partial charge in [-0.1, -0.05) is 64.5 Å². The van der Waals surface area contributed by atoms with E-state index in [1.165, 1.54) is 0 Å². The van der Waals surface area contributed by atoms with Gasteiger partial charge in [0.05, 0.1) is 35.8 Å². The number of halogens is 1. The molecule has 6 rings (SSSR count). The molecular weight excluding hydrogens is 642 g/mol. The predicted molar refractivity (Wildman–Crippen MR) is 176 cm³/mol. The summed E-state index contributed by atoms with van der Waals surface area (Å²) in [7, 11) is 0. The van der Waals surface area contributed by atoms with Crippen LogP contribution in [0.1, 0.15) is 36.1 Å². The van der Waals surface area contributed by atoms with Gasteiger partial charge in [-0.3, -0.25) is 14.4 Å². The van der Waals surface area contributed by atoms with E-state index in [1.54, 1.807) is 40.9 Å². The lowest BCUT2D eigenvalue weighted by Gasteiger charge is -2.37. The molecule has 0 saturated carbocycles. The molecular formula is C34H36BrN3O5S. The van der Waals surface area contributed by atoms with Crippen LogP contribution in [0, 0.1) is 25.7 Å². The van der Waals surface area contributed by atoms with Crippen LogP contribution in [0.15, 0.2) is 72.8 Å². The quantitative estimate of drug-likeness (QED) is 0.259. The first kappa shape index (κ1) is 30.7. The van der Waals surface area contributed by atoms with Crippen LogP contribution >= 0.6 is 27.7 Å². The van der Waals surface area contributed by atoms with E-state index in [4.69, 9.17) is 4.74 Å². The van der Waals surface area contributed by atoms with Gasteiger partial charge in [0.15, 0.2) is 0 Å². The summed E-state index contributed by atoms with van der Waals surface area (Å²) < 4.78 is 4.67. The van der Waals surface area contributed by atoms with Gasteiger partial charge in [0.25, 0.3) is 0 Å². The van der Waals surface area contributed by atoms with Crippen molar-refractivity contribution in [1.29, 1.82) is 0 Å². The van der Waals surface area contributed by atoms with Gasteiger partial charge >= 0.3 is 0 Å². The fourth-order valence-electron chi connectivity index (χ4n) is 7.26. The minimum absolute atomic E-state index is 0.0765. The molecule has 7 atom stereocenters. The molecule has 1 spiro atoms. The average Bonchev–Trinajstić information content (AvgIpc) is 3.61. The molecule has 3 amide bonds. The fourth-order valence-corrected chi connectivity index (χ4v) is 10.9. The standard InChI is InChI=1S/C34H36BrN3O5S/c1-4-43-23-15-13-22(14-16-23)36-31(40)26-27-33(42)38(25(18-39)21-11-6-5-7-12-21)30(34(27)17-24(35)29(26)44-34)32(41)37-28-19(2)9-8-10-20(28)3/h5-16,24-27,29-30,39H,4,17-18H2,1-3H3,(H,36,40)(H,37,41)/t24?,25-,26+,27+,29+,30?,34?/m1/s1. The number of likely N-dealkylation sites (tertiary alicyclic amines) is 1. The Bertz CT molecular complexity index is 1550.